The fraction of sp³-hybridized carbons (Fsp3) is 0.588. The summed E-state index contributed by atoms with van der Waals surface area (Å²) in [5, 5.41) is 0. The number of benzene rings is 1. The van der Waals surface area contributed by atoms with Crippen molar-refractivity contribution in [3.05, 3.63) is 35.4 Å². The first-order valence-corrected chi connectivity index (χ1v) is 7.68. The Morgan fingerprint density at radius 3 is 2.62 bits per heavy atom. The molecule has 118 valence electrons. The normalized spacial score (nSPS) is 19.8. The average molecular weight is 311 g/mol. The van der Waals surface area contributed by atoms with Gasteiger partial charge in [-0.3, -0.25) is 4.79 Å². The number of piperidine rings is 1. The van der Waals surface area contributed by atoms with Crippen LogP contribution in [-0.2, 0) is 11.2 Å². The maximum atomic E-state index is 12.4. The fourth-order valence-electron chi connectivity index (χ4n) is 2.96. The zero-order valence-electron chi connectivity index (χ0n) is 13.0. The van der Waals surface area contributed by atoms with Crippen LogP contribution in [-0.4, -0.2) is 29.4 Å². The minimum Gasteiger partial charge on any atom is -0.338 e. The van der Waals surface area contributed by atoms with E-state index in [1.165, 1.54) is 17.5 Å². The van der Waals surface area contributed by atoms with E-state index in [1.807, 2.05) is 11.8 Å². The van der Waals surface area contributed by atoms with Gasteiger partial charge < -0.3 is 10.6 Å². The van der Waals surface area contributed by atoms with Crippen LogP contribution in [0.15, 0.2) is 24.3 Å². The number of nitrogens with two attached hydrogens (primary N) is 1. The second-order valence-corrected chi connectivity index (χ2v) is 5.99. The largest absolute Gasteiger partial charge is 0.338 e. The molecule has 3 nitrogen and oxygen atoms in total. The Hall–Kier alpha value is -1.06. The van der Waals surface area contributed by atoms with Crippen molar-refractivity contribution < 1.29 is 4.79 Å². The first-order chi connectivity index (χ1) is 9.58. The number of hydrogen-bond donors (Lipinski definition) is 1. The van der Waals surface area contributed by atoms with Crippen LogP contribution in [0.25, 0.3) is 0 Å². The number of halogens is 1. The predicted octanol–water partition coefficient (Wildman–Crippen LogP) is 3.08. The number of carbonyl (C=O) groups is 1. The fourth-order valence-corrected chi connectivity index (χ4v) is 2.96. The zero-order valence-corrected chi connectivity index (χ0v) is 13.9. The molecule has 1 aliphatic heterocycles. The molecule has 1 amide bonds. The van der Waals surface area contributed by atoms with Crippen LogP contribution in [0.5, 0.6) is 0 Å². The third kappa shape index (κ3) is 5.01. The van der Waals surface area contributed by atoms with E-state index in [0.717, 1.165) is 25.8 Å². The van der Waals surface area contributed by atoms with Crippen LogP contribution >= 0.6 is 12.4 Å². The van der Waals surface area contributed by atoms with Gasteiger partial charge in [0.1, 0.15) is 0 Å². The molecule has 2 N–H and O–H groups in total. The van der Waals surface area contributed by atoms with E-state index in [-0.39, 0.29) is 30.4 Å². The summed E-state index contributed by atoms with van der Waals surface area (Å²) in [6.45, 7) is 4.96. The van der Waals surface area contributed by atoms with Gasteiger partial charge in [0.2, 0.25) is 5.91 Å². The summed E-state index contributed by atoms with van der Waals surface area (Å²) in [6.07, 6.45) is 4.76. The van der Waals surface area contributed by atoms with Gasteiger partial charge in [-0.1, -0.05) is 29.8 Å². The molecule has 1 aromatic carbocycles. The van der Waals surface area contributed by atoms with E-state index < -0.39 is 0 Å². The Kier molecular flexibility index (Phi) is 7.20. The van der Waals surface area contributed by atoms with Gasteiger partial charge in [0.25, 0.3) is 0 Å². The molecule has 1 fully saturated rings. The highest BCUT2D eigenvalue weighted by Gasteiger charge is 2.28. The van der Waals surface area contributed by atoms with Crippen LogP contribution in [0.3, 0.4) is 0 Å². The van der Waals surface area contributed by atoms with Crippen molar-refractivity contribution in [2.24, 2.45) is 5.73 Å². The Morgan fingerprint density at radius 2 is 2.00 bits per heavy atom. The first kappa shape index (κ1) is 18.0. The van der Waals surface area contributed by atoms with Gasteiger partial charge in [0.15, 0.2) is 0 Å². The number of aryl methyl sites for hydroxylation is 2. The SMILES string of the molecule is Cc1ccc(CCC(=O)N2CCCCC2C(C)N)cc1.Cl. The van der Waals surface area contributed by atoms with E-state index in [4.69, 9.17) is 5.73 Å². The molecular formula is C17H27ClN2O. The van der Waals surface area contributed by atoms with Gasteiger partial charge in [-0.25, -0.2) is 0 Å². The predicted molar refractivity (Wildman–Crippen MR) is 89.7 cm³/mol. The standard InChI is InChI=1S/C17H26N2O.ClH/c1-13-6-8-15(9-7-13)10-11-17(20)19-12-4-3-5-16(19)14(2)18;/h6-9,14,16H,3-5,10-12,18H2,1-2H3;1H. The Bertz CT molecular complexity index is 445. The lowest BCUT2D eigenvalue weighted by Gasteiger charge is -2.38. The van der Waals surface area contributed by atoms with E-state index >= 15 is 0 Å². The van der Waals surface area contributed by atoms with Gasteiger partial charge in [-0.2, -0.15) is 0 Å². The molecule has 2 unspecified atom stereocenters. The van der Waals surface area contributed by atoms with E-state index in [2.05, 4.69) is 31.2 Å². The maximum absolute atomic E-state index is 12.4. The average Bonchev–Trinajstić information content (AvgIpc) is 2.46. The number of likely N-dealkylation sites (tertiary alicyclic amines) is 1. The molecule has 2 atom stereocenters. The molecule has 1 aliphatic rings. The van der Waals surface area contributed by atoms with Crippen molar-refractivity contribution in [1.29, 1.82) is 0 Å². The summed E-state index contributed by atoms with van der Waals surface area (Å²) in [5.41, 5.74) is 8.52. The Morgan fingerprint density at radius 1 is 1.33 bits per heavy atom. The summed E-state index contributed by atoms with van der Waals surface area (Å²) in [5.74, 6) is 0.257. The lowest BCUT2D eigenvalue weighted by Crippen LogP contribution is -2.51. The highest BCUT2D eigenvalue weighted by Crippen LogP contribution is 2.20. The summed E-state index contributed by atoms with van der Waals surface area (Å²) in [7, 11) is 0. The molecule has 21 heavy (non-hydrogen) atoms. The van der Waals surface area contributed by atoms with Crippen molar-refractivity contribution >= 4 is 18.3 Å². The Labute approximate surface area is 134 Å². The van der Waals surface area contributed by atoms with Gasteiger partial charge in [0.05, 0.1) is 0 Å². The van der Waals surface area contributed by atoms with Crippen LogP contribution < -0.4 is 5.73 Å². The summed E-state index contributed by atoms with van der Waals surface area (Å²) in [6, 6.07) is 8.73. The van der Waals surface area contributed by atoms with Gasteiger partial charge in [-0.15, -0.1) is 12.4 Å². The molecule has 1 heterocycles. The number of hydrogen-bond acceptors (Lipinski definition) is 2. The summed E-state index contributed by atoms with van der Waals surface area (Å²) in [4.78, 5) is 14.4. The van der Waals surface area contributed by atoms with Crippen molar-refractivity contribution in [2.75, 3.05) is 6.54 Å². The summed E-state index contributed by atoms with van der Waals surface area (Å²) < 4.78 is 0. The van der Waals surface area contributed by atoms with Crippen LogP contribution in [0.1, 0.15) is 43.7 Å². The molecule has 0 bridgehead atoms. The molecule has 0 spiro atoms. The summed E-state index contributed by atoms with van der Waals surface area (Å²) >= 11 is 0. The van der Waals surface area contributed by atoms with Crippen LogP contribution in [0.4, 0.5) is 0 Å². The minimum absolute atomic E-state index is 0. The van der Waals surface area contributed by atoms with E-state index in [0.29, 0.717) is 6.42 Å². The molecular weight excluding hydrogens is 284 g/mol. The topological polar surface area (TPSA) is 46.3 Å². The molecule has 2 rings (SSSR count). The number of nitrogens with zero attached hydrogens (tertiary/aromatic N) is 1. The Balaban J connectivity index is 0.00000220. The third-order valence-electron chi connectivity index (χ3n) is 4.22. The van der Waals surface area contributed by atoms with Crippen molar-refractivity contribution in [3.63, 3.8) is 0 Å². The van der Waals surface area contributed by atoms with Crippen molar-refractivity contribution in [2.45, 2.75) is 58.0 Å². The second-order valence-electron chi connectivity index (χ2n) is 5.99. The molecule has 1 aromatic rings. The van der Waals surface area contributed by atoms with E-state index in [9.17, 15) is 4.79 Å². The zero-order chi connectivity index (χ0) is 14.5. The lowest BCUT2D eigenvalue weighted by molar-refractivity contribution is -0.135. The number of amides is 1. The molecule has 0 saturated carbocycles. The molecule has 1 saturated heterocycles. The van der Waals surface area contributed by atoms with Gasteiger partial charge in [-0.05, 0) is 45.1 Å². The number of carbonyl (C=O) groups excluding carboxylic acids is 1. The number of rotatable bonds is 4. The molecule has 0 radical (unpaired) electrons. The molecule has 0 aliphatic carbocycles. The van der Waals surface area contributed by atoms with Crippen LogP contribution in [0.2, 0.25) is 0 Å². The van der Waals surface area contributed by atoms with Gasteiger partial charge in [0, 0.05) is 25.0 Å². The lowest BCUT2D eigenvalue weighted by atomic mass is 9.96. The van der Waals surface area contributed by atoms with Crippen molar-refractivity contribution in [3.8, 4) is 0 Å². The third-order valence-corrected chi connectivity index (χ3v) is 4.22. The van der Waals surface area contributed by atoms with Crippen LogP contribution in [0, 0.1) is 6.92 Å². The van der Waals surface area contributed by atoms with Gasteiger partial charge >= 0.3 is 0 Å². The smallest absolute Gasteiger partial charge is 0.223 e. The molecule has 0 aromatic heterocycles. The maximum Gasteiger partial charge on any atom is 0.223 e. The molecule has 4 heteroatoms. The minimum atomic E-state index is 0. The second kappa shape index (κ2) is 8.40. The quantitative estimate of drug-likeness (QED) is 0.929. The monoisotopic (exact) mass is 310 g/mol. The highest BCUT2D eigenvalue weighted by atomic mass is 35.5. The first-order valence-electron chi connectivity index (χ1n) is 7.68. The van der Waals surface area contributed by atoms with Crippen molar-refractivity contribution in [1.82, 2.24) is 4.90 Å². The highest BCUT2D eigenvalue weighted by molar-refractivity contribution is 5.85. The van der Waals surface area contributed by atoms with E-state index in [1.54, 1.807) is 0 Å².